The van der Waals surface area contributed by atoms with E-state index in [1.807, 2.05) is 19.1 Å². The molecule has 5 nitrogen and oxygen atoms in total. The number of aliphatic hydroxyl groups excluding tert-OH is 1. The second kappa shape index (κ2) is 5.40. The number of aliphatic hydroxyl groups is 1. The van der Waals surface area contributed by atoms with Crippen LogP contribution in [0, 0.1) is 12.8 Å². The van der Waals surface area contributed by atoms with Gasteiger partial charge in [-0.15, -0.1) is 0 Å². The number of carbonyl (C=O) groups is 2. The van der Waals surface area contributed by atoms with Crippen molar-refractivity contribution < 1.29 is 14.7 Å². The lowest BCUT2D eigenvalue weighted by Crippen LogP contribution is -2.25. The van der Waals surface area contributed by atoms with Crippen LogP contribution in [0.5, 0.6) is 0 Å². The molecule has 1 aromatic rings. The van der Waals surface area contributed by atoms with Crippen molar-refractivity contribution in [3.8, 4) is 0 Å². The quantitative estimate of drug-likeness (QED) is 0.862. The van der Waals surface area contributed by atoms with E-state index in [0.717, 1.165) is 16.9 Å². The number of nitrogens with zero attached hydrogens (tertiary/aromatic N) is 1. The molecule has 1 aromatic carbocycles. The van der Waals surface area contributed by atoms with Crippen molar-refractivity contribution in [2.45, 2.75) is 20.3 Å². The SMILES string of the molecule is CC(=O)Nc1ccc(N2CC(CO)CC2=O)cc1C. The van der Waals surface area contributed by atoms with Gasteiger partial charge in [-0.25, -0.2) is 0 Å². The van der Waals surface area contributed by atoms with Gasteiger partial charge in [0, 0.05) is 43.8 Å². The molecule has 0 aromatic heterocycles. The number of aryl methyl sites for hydroxylation is 1. The van der Waals surface area contributed by atoms with Crippen LogP contribution in [0.3, 0.4) is 0 Å². The number of anilines is 2. The fraction of sp³-hybridized carbons (Fsp3) is 0.429. The van der Waals surface area contributed by atoms with Gasteiger partial charge in [0.2, 0.25) is 11.8 Å². The molecule has 19 heavy (non-hydrogen) atoms. The number of benzene rings is 1. The Morgan fingerprint density at radius 2 is 2.26 bits per heavy atom. The van der Waals surface area contributed by atoms with Gasteiger partial charge in [-0.1, -0.05) is 0 Å². The molecule has 2 N–H and O–H groups in total. The molecule has 1 aliphatic heterocycles. The van der Waals surface area contributed by atoms with E-state index in [4.69, 9.17) is 5.11 Å². The van der Waals surface area contributed by atoms with Gasteiger partial charge < -0.3 is 15.3 Å². The second-order valence-electron chi connectivity index (χ2n) is 4.94. The molecule has 1 saturated heterocycles. The van der Waals surface area contributed by atoms with Gasteiger partial charge in [0.1, 0.15) is 0 Å². The van der Waals surface area contributed by atoms with Crippen LogP contribution in [0.4, 0.5) is 11.4 Å². The van der Waals surface area contributed by atoms with E-state index in [1.54, 1.807) is 11.0 Å². The van der Waals surface area contributed by atoms with E-state index < -0.39 is 0 Å². The molecule has 2 rings (SSSR count). The highest BCUT2D eigenvalue weighted by Crippen LogP contribution is 2.28. The fourth-order valence-electron chi connectivity index (χ4n) is 2.30. The molecule has 0 bridgehead atoms. The molecule has 2 amide bonds. The van der Waals surface area contributed by atoms with Gasteiger partial charge in [-0.2, -0.15) is 0 Å². The monoisotopic (exact) mass is 262 g/mol. The molecule has 1 heterocycles. The van der Waals surface area contributed by atoms with Crippen LogP contribution in [0.2, 0.25) is 0 Å². The molecule has 0 aliphatic carbocycles. The molecule has 5 heteroatoms. The molecular weight excluding hydrogens is 244 g/mol. The first-order valence-electron chi connectivity index (χ1n) is 6.30. The molecule has 1 aliphatic rings. The third kappa shape index (κ3) is 2.93. The predicted octanol–water partition coefficient (Wildman–Crippen LogP) is 1.30. The summed E-state index contributed by atoms with van der Waals surface area (Å²) < 4.78 is 0. The first-order chi connectivity index (χ1) is 9.01. The van der Waals surface area contributed by atoms with Gasteiger partial charge in [0.25, 0.3) is 0 Å². The maximum atomic E-state index is 11.9. The van der Waals surface area contributed by atoms with Gasteiger partial charge in [0.05, 0.1) is 0 Å². The molecule has 1 fully saturated rings. The highest BCUT2D eigenvalue weighted by molar-refractivity contribution is 5.96. The largest absolute Gasteiger partial charge is 0.396 e. The molecule has 0 spiro atoms. The zero-order valence-electron chi connectivity index (χ0n) is 11.1. The minimum Gasteiger partial charge on any atom is -0.396 e. The van der Waals surface area contributed by atoms with Gasteiger partial charge in [-0.05, 0) is 30.7 Å². The van der Waals surface area contributed by atoms with E-state index in [-0.39, 0.29) is 24.3 Å². The van der Waals surface area contributed by atoms with E-state index in [2.05, 4.69) is 5.32 Å². The lowest BCUT2D eigenvalue weighted by atomic mass is 10.1. The van der Waals surface area contributed by atoms with Crippen LogP contribution in [0.25, 0.3) is 0 Å². The number of hydrogen-bond acceptors (Lipinski definition) is 3. The van der Waals surface area contributed by atoms with E-state index in [0.29, 0.717) is 13.0 Å². The summed E-state index contributed by atoms with van der Waals surface area (Å²) in [6, 6.07) is 5.49. The molecule has 1 atom stereocenters. The molecule has 1 unspecified atom stereocenters. The Balaban J connectivity index is 2.20. The summed E-state index contributed by atoms with van der Waals surface area (Å²) in [5, 5.41) is 11.9. The van der Waals surface area contributed by atoms with Crippen LogP contribution >= 0.6 is 0 Å². The second-order valence-corrected chi connectivity index (χ2v) is 4.94. The van der Waals surface area contributed by atoms with Crippen molar-refractivity contribution in [3.63, 3.8) is 0 Å². The molecule has 0 saturated carbocycles. The lowest BCUT2D eigenvalue weighted by Gasteiger charge is -2.18. The van der Waals surface area contributed by atoms with Crippen molar-refractivity contribution in [2.24, 2.45) is 5.92 Å². The Kier molecular flexibility index (Phi) is 3.85. The first kappa shape index (κ1) is 13.5. The standard InChI is InChI=1S/C14H18N2O3/c1-9-5-12(3-4-13(9)15-10(2)18)16-7-11(8-17)6-14(16)19/h3-5,11,17H,6-8H2,1-2H3,(H,15,18). The Morgan fingerprint density at radius 1 is 1.53 bits per heavy atom. The van der Waals surface area contributed by atoms with Crippen LogP contribution in [-0.4, -0.2) is 30.1 Å². The van der Waals surface area contributed by atoms with E-state index >= 15 is 0 Å². The summed E-state index contributed by atoms with van der Waals surface area (Å²) >= 11 is 0. The Bertz CT molecular complexity index is 513. The van der Waals surface area contributed by atoms with Crippen LogP contribution in [-0.2, 0) is 9.59 Å². The van der Waals surface area contributed by atoms with Crippen LogP contribution in [0.15, 0.2) is 18.2 Å². The molecule has 0 radical (unpaired) electrons. The highest BCUT2D eigenvalue weighted by Gasteiger charge is 2.30. The Hall–Kier alpha value is -1.88. The predicted molar refractivity (Wildman–Crippen MR) is 73.0 cm³/mol. The maximum absolute atomic E-state index is 11.9. The first-order valence-corrected chi connectivity index (χ1v) is 6.30. The van der Waals surface area contributed by atoms with Gasteiger partial charge >= 0.3 is 0 Å². The van der Waals surface area contributed by atoms with Crippen molar-refractivity contribution in [1.29, 1.82) is 0 Å². The summed E-state index contributed by atoms with van der Waals surface area (Å²) in [6.45, 7) is 3.93. The van der Waals surface area contributed by atoms with Gasteiger partial charge in [0.15, 0.2) is 0 Å². The van der Waals surface area contributed by atoms with Crippen molar-refractivity contribution in [3.05, 3.63) is 23.8 Å². The number of rotatable bonds is 3. The summed E-state index contributed by atoms with van der Waals surface area (Å²) in [4.78, 5) is 24.6. The highest BCUT2D eigenvalue weighted by atomic mass is 16.3. The summed E-state index contributed by atoms with van der Waals surface area (Å²) in [6.07, 6.45) is 0.392. The third-order valence-electron chi connectivity index (χ3n) is 3.30. The summed E-state index contributed by atoms with van der Waals surface area (Å²) in [5.41, 5.74) is 2.47. The average Bonchev–Trinajstić information content (AvgIpc) is 2.73. The normalized spacial score (nSPS) is 18.8. The smallest absolute Gasteiger partial charge is 0.227 e. The number of amides is 2. The maximum Gasteiger partial charge on any atom is 0.227 e. The third-order valence-corrected chi connectivity index (χ3v) is 3.30. The van der Waals surface area contributed by atoms with E-state index in [9.17, 15) is 9.59 Å². The van der Waals surface area contributed by atoms with Crippen LogP contribution in [0.1, 0.15) is 18.9 Å². The van der Waals surface area contributed by atoms with Crippen molar-refractivity contribution >= 4 is 23.2 Å². The summed E-state index contributed by atoms with van der Waals surface area (Å²) in [5.74, 6) is -0.0676. The number of nitrogens with one attached hydrogen (secondary N) is 1. The lowest BCUT2D eigenvalue weighted by molar-refractivity contribution is -0.117. The van der Waals surface area contributed by atoms with Gasteiger partial charge in [-0.3, -0.25) is 9.59 Å². The average molecular weight is 262 g/mol. The van der Waals surface area contributed by atoms with Crippen molar-refractivity contribution in [1.82, 2.24) is 0 Å². The van der Waals surface area contributed by atoms with E-state index in [1.165, 1.54) is 6.92 Å². The number of hydrogen-bond donors (Lipinski definition) is 2. The Labute approximate surface area is 112 Å². The zero-order valence-corrected chi connectivity index (χ0v) is 11.1. The zero-order chi connectivity index (χ0) is 14.0. The topological polar surface area (TPSA) is 69.6 Å². The molecular formula is C14H18N2O3. The Morgan fingerprint density at radius 3 is 2.79 bits per heavy atom. The molecule has 102 valence electrons. The minimum absolute atomic E-state index is 0.0165. The van der Waals surface area contributed by atoms with Crippen molar-refractivity contribution in [2.75, 3.05) is 23.4 Å². The fourth-order valence-corrected chi connectivity index (χ4v) is 2.30. The van der Waals surface area contributed by atoms with Crippen LogP contribution < -0.4 is 10.2 Å². The summed E-state index contributed by atoms with van der Waals surface area (Å²) in [7, 11) is 0. The minimum atomic E-state index is -0.117. The number of carbonyl (C=O) groups excluding carboxylic acids is 2.